The number of carbonyl (C=O) groups excluding carboxylic acids is 1. The zero-order chi connectivity index (χ0) is 14.7. The van der Waals surface area contributed by atoms with Gasteiger partial charge in [0.25, 0.3) is 0 Å². The van der Waals surface area contributed by atoms with Gasteiger partial charge in [0.1, 0.15) is 0 Å². The Hall–Kier alpha value is -2.87. The molecule has 0 aliphatic heterocycles. The molecule has 2 heteroatoms. The van der Waals surface area contributed by atoms with Crippen LogP contribution in [0.25, 0.3) is 23.1 Å². The van der Waals surface area contributed by atoms with Crippen LogP contribution in [-0.4, -0.2) is 10.8 Å². The fourth-order valence-corrected chi connectivity index (χ4v) is 2.33. The molecule has 0 unspecified atom stereocenters. The molecule has 0 bridgehead atoms. The highest BCUT2D eigenvalue weighted by Crippen LogP contribution is 2.20. The average Bonchev–Trinajstić information content (AvgIpc) is 2.95. The van der Waals surface area contributed by atoms with Gasteiger partial charge in [0.15, 0.2) is 5.78 Å². The Kier molecular flexibility index (Phi) is 3.52. The molecule has 102 valence electrons. The van der Waals surface area contributed by atoms with Crippen LogP contribution in [0.5, 0.6) is 0 Å². The molecule has 0 atom stereocenters. The van der Waals surface area contributed by atoms with Crippen molar-refractivity contribution < 1.29 is 4.79 Å². The monoisotopic (exact) mass is 273 g/mol. The third kappa shape index (κ3) is 2.70. The van der Waals surface area contributed by atoms with E-state index in [0.29, 0.717) is 5.56 Å². The highest BCUT2D eigenvalue weighted by Gasteiger charge is 2.01. The maximum absolute atomic E-state index is 11.6. The number of para-hydroxylation sites is 1. The van der Waals surface area contributed by atoms with Crippen LogP contribution in [0.15, 0.2) is 67.4 Å². The van der Waals surface area contributed by atoms with E-state index >= 15 is 0 Å². The molecule has 1 heterocycles. The van der Waals surface area contributed by atoms with E-state index in [4.69, 9.17) is 0 Å². The lowest BCUT2D eigenvalue weighted by atomic mass is 10.1. The first kappa shape index (κ1) is 13.1. The van der Waals surface area contributed by atoms with Crippen LogP contribution in [0, 0.1) is 0 Å². The van der Waals surface area contributed by atoms with Crippen LogP contribution in [0.3, 0.4) is 0 Å². The van der Waals surface area contributed by atoms with Crippen molar-refractivity contribution in [2.75, 3.05) is 0 Å². The number of allylic oxidation sites excluding steroid dienone is 1. The summed E-state index contributed by atoms with van der Waals surface area (Å²) in [5.41, 5.74) is 3.90. The zero-order valence-corrected chi connectivity index (χ0v) is 11.5. The minimum Gasteiger partial charge on any atom is -0.361 e. The fourth-order valence-electron chi connectivity index (χ4n) is 2.33. The Morgan fingerprint density at radius 1 is 1.05 bits per heavy atom. The molecule has 0 spiro atoms. The lowest BCUT2D eigenvalue weighted by Gasteiger charge is -1.98. The van der Waals surface area contributed by atoms with Crippen LogP contribution in [0.2, 0.25) is 0 Å². The molecule has 2 aromatic carbocycles. The number of H-pyrrole nitrogens is 1. The van der Waals surface area contributed by atoms with Gasteiger partial charge in [0.2, 0.25) is 0 Å². The molecule has 0 fully saturated rings. The number of benzene rings is 2. The van der Waals surface area contributed by atoms with Gasteiger partial charge >= 0.3 is 0 Å². The zero-order valence-electron chi connectivity index (χ0n) is 11.5. The smallest absolute Gasteiger partial charge is 0.185 e. The second kappa shape index (κ2) is 5.63. The van der Waals surface area contributed by atoms with Gasteiger partial charge in [-0.15, -0.1) is 0 Å². The number of rotatable bonds is 4. The van der Waals surface area contributed by atoms with E-state index in [9.17, 15) is 4.79 Å². The van der Waals surface area contributed by atoms with E-state index in [1.165, 1.54) is 11.5 Å². The van der Waals surface area contributed by atoms with Gasteiger partial charge in [-0.25, -0.2) is 0 Å². The molecule has 21 heavy (non-hydrogen) atoms. The van der Waals surface area contributed by atoms with Crippen molar-refractivity contribution in [2.45, 2.75) is 0 Å². The summed E-state index contributed by atoms with van der Waals surface area (Å²) < 4.78 is 0. The van der Waals surface area contributed by atoms with Crippen molar-refractivity contribution >= 4 is 28.8 Å². The molecule has 2 nitrogen and oxygen atoms in total. The highest BCUT2D eigenvalue weighted by molar-refractivity contribution is 6.04. The third-order valence-electron chi connectivity index (χ3n) is 3.43. The molecule has 0 radical (unpaired) electrons. The summed E-state index contributed by atoms with van der Waals surface area (Å²) in [6.07, 6.45) is 7.38. The summed E-state index contributed by atoms with van der Waals surface area (Å²) in [5, 5.41) is 1.19. The molecule has 0 aliphatic carbocycles. The maximum Gasteiger partial charge on any atom is 0.185 e. The van der Waals surface area contributed by atoms with Crippen molar-refractivity contribution in [3.05, 3.63) is 84.1 Å². The molecule has 0 saturated carbocycles. The van der Waals surface area contributed by atoms with Crippen molar-refractivity contribution in [3.8, 4) is 0 Å². The number of nitrogens with one attached hydrogen (secondary N) is 1. The molecule has 3 rings (SSSR count). The van der Waals surface area contributed by atoms with Crippen LogP contribution in [0.4, 0.5) is 0 Å². The predicted molar refractivity (Wildman–Crippen MR) is 88.2 cm³/mol. The van der Waals surface area contributed by atoms with Gasteiger partial charge in [-0.05, 0) is 29.3 Å². The summed E-state index contributed by atoms with van der Waals surface area (Å²) in [7, 11) is 0. The van der Waals surface area contributed by atoms with Gasteiger partial charge < -0.3 is 4.98 Å². The Bertz CT molecular complexity index is 839. The number of fused-ring (bicyclic) bond motifs is 1. The second-order valence-electron chi connectivity index (χ2n) is 4.82. The molecule has 1 N–H and O–H groups in total. The van der Waals surface area contributed by atoms with Crippen molar-refractivity contribution in [2.24, 2.45) is 0 Å². The van der Waals surface area contributed by atoms with Crippen LogP contribution in [0.1, 0.15) is 21.5 Å². The molecule has 0 saturated heterocycles. The Labute approximate surface area is 123 Å². The van der Waals surface area contributed by atoms with E-state index in [1.807, 2.05) is 42.6 Å². The SMILES string of the molecule is C=CC(=O)c1cccc(C=Cc2c[nH]c3ccccc23)c1. The first-order valence-electron chi connectivity index (χ1n) is 6.79. The normalized spacial score (nSPS) is 11.0. The number of hydrogen-bond acceptors (Lipinski definition) is 1. The predicted octanol–water partition coefficient (Wildman–Crippen LogP) is 4.71. The number of ketones is 1. The molecular weight excluding hydrogens is 258 g/mol. The third-order valence-corrected chi connectivity index (χ3v) is 3.43. The molecule has 0 aliphatic rings. The van der Waals surface area contributed by atoms with Crippen LogP contribution >= 0.6 is 0 Å². The number of hydrogen-bond donors (Lipinski definition) is 1. The van der Waals surface area contributed by atoms with Gasteiger partial charge in [-0.3, -0.25) is 4.79 Å². The summed E-state index contributed by atoms with van der Waals surface area (Å²) in [6.45, 7) is 3.52. The fraction of sp³-hybridized carbons (Fsp3) is 0. The number of aromatic nitrogens is 1. The van der Waals surface area contributed by atoms with E-state index in [-0.39, 0.29) is 5.78 Å². The van der Waals surface area contributed by atoms with Crippen LogP contribution < -0.4 is 0 Å². The minimum absolute atomic E-state index is 0.0580. The second-order valence-corrected chi connectivity index (χ2v) is 4.82. The topological polar surface area (TPSA) is 32.9 Å². The van der Waals surface area contributed by atoms with E-state index in [2.05, 4.69) is 29.8 Å². The first-order chi connectivity index (χ1) is 10.3. The highest BCUT2D eigenvalue weighted by atomic mass is 16.1. The maximum atomic E-state index is 11.6. The molecular formula is C19H15NO. The quantitative estimate of drug-likeness (QED) is 0.542. The van der Waals surface area contributed by atoms with Gasteiger partial charge in [-0.2, -0.15) is 0 Å². The minimum atomic E-state index is -0.0580. The Balaban J connectivity index is 1.92. The molecule has 3 aromatic rings. The molecule has 1 aromatic heterocycles. The van der Waals surface area contributed by atoms with Gasteiger partial charge in [-0.1, -0.05) is 55.1 Å². The summed E-state index contributed by atoms with van der Waals surface area (Å²) in [6, 6.07) is 15.7. The lowest BCUT2D eigenvalue weighted by Crippen LogP contribution is -1.93. The summed E-state index contributed by atoms with van der Waals surface area (Å²) >= 11 is 0. The van der Waals surface area contributed by atoms with Crippen molar-refractivity contribution in [3.63, 3.8) is 0 Å². The lowest BCUT2D eigenvalue weighted by molar-refractivity contribution is 0.104. The average molecular weight is 273 g/mol. The largest absolute Gasteiger partial charge is 0.361 e. The van der Waals surface area contributed by atoms with Crippen molar-refractivity contribution in [1.82, 2.24) is 4.98 Å². The number of carbonyl (C=O) groups is 1. The summed E-state index contributed by atoms with van der Waals surface area (Å²) in [5.74, 6) is -0.0580. The van der Waals surface area contributed by atoms with E-state index in [1.54, 1.807) is 6.07 Å². The van der Waals surface area contributed by atoms with Gasteiger partial charge in [0, 0.05) is 22.7 Å². The molecule has 0 amide bonds. The van der Waals surface area contributed by atoms with Crippen molar-refractivity contribution in [1.29, 1.82) is 0 Å². The van der Waals surface area contributed by atoms with E-state index < -0.39 is 0 Å². The number of aromatic amines is 1. The summed E-state index contributed by atoms with van der Waals surface area (Å²) in [4.78, 5) is 14.9. The van der Waals surface area contributed by atoms with E-state index in [0.717, 1.165) is 16.6 Å². The van der Waals surface area contributed by atoms with Gasteiger partial charge in [0.05, 0.1) is 0 Å². The van der Waals surface area contributed by atoms with Crippen LogP contribution in [-0.2, 0) is 0 Å². The first-order valence-corrected chi connectivity index (χ1v) is 6.79. The standard InChI is InChI=1S/C19H15NO/c1-2-19(21)15-7-5-6-14(12-15)10-11-16-13-20-18-9-4-3-8-17(16)18/h2-13,20H,1H2. The Morgan fingerprint density at radius 2 is 1.90 bits per heavy atom. The Morgan fingerprint density at radius 3 is 2.76 bits per heavy atom.